The van der Waals surface area contributed by atoms with Gasteiger partial charge in [-0.25, -0.2) is 14.3 Å². The summed E-state index contributed by atoms with van der Waals surface area (Å²) in [6.07, 6.45) is 2.90. The maximum absolute atomic E-state index is 10.9. The van der Waals surface area contributed by atoms with Gasteiger partial charge in [-0.1, -0.05) is 5.21 Å². The molecule has 0 saturated heterocycles. The summed E-state index contributed by atoms with van der Waals surface area (Å²) in [5.74, 6) is -2.40. The number of hydrogen-bond acceptors (Lipinski definition) is 4. The first-order chi connectivity index (χ1) is 8.08. The summed E-state index contributed by atoms with van der Waals surface area (Å²) in [5.41, 5.74) is 0.102. The Kier molecular flexibility index (Phi) is 2.57. The first kappa shape index (κ1) is 10.8. The van der Waals surface area contributed by atoms with Gasteiger partial charge in [0.15, 0.2) is 0 Å². The number of aromatic nitrogens is 3. The van der Waals surface area contributed by atoms with Crippen molar-refractivity contribution in [2.45, 2.75) is 0 Å². The SMILES string of the molecule is O=C(O)c1cc(C(=O)O)cc(-n2ccnn2)c1. The van der Waals surface area contributed by atoms with Gasteiger partial charge in [0.2, 0.25) is 0 Å². The van der Waals surface area contributed by atoms with Gasteiger partial charge in [-0.2, -0.15) is 0 Å². The third-order valence-electron chi connectivity index (χ3n) is 2.10. The molecule has 0 bridgehead atoms. The highest BCUT2D eigenvalue weighted by molar-refractivity contribution is 5.94. The monoisotopic (exact) mass is 233 g/mol. The van der Waals surface area contributed by atoms with Crippen LogP contribution in [-0.2, 0) is 0 Å². The average Bonchev–Trinajstić information content (AvgIpc) is 2.81. The van der Waals surface area contributed by atoms with Crippen molar-refractivity contribution in [3.8, 4) is 5.69 Å². The lowest BCUT2D eigenvalue weighted by molar-refractivity contribution is 0.0696. The van der Waals surface area contributed by atoms with E-state index in [0.717, 1.165) is 6.07 Å². The molecular weight excluding hydrogens is 226 g/mol. The third kappa shape index (κ3) is 2.12. The van der Waals surface area contributed by atoms with Crippen LogP contribution in [0, 0.1) is 0 Å². The van der Waals surface area contributed by atoms with Crippen LogP contribution in [0.3, 0.4) is 0 Å². The number of rotatable bonds is 3. The summed E-state index contributed by atoms with van der Waals surface area (Å²) in [4.78, 5) is 21.7. The molecule has 86 valence electrons. The minimum absolute atomic E-state index is 0.115. The highest BCUT2D eigenvalue weighted by Gasteiger charge is 2.12. The van der Waals surface area contributed by atoms with E-state index >= 15 is 0 Å². The lowest BCUT2D eigenvalue weighted by atomic mass is 10.1. The zero-order valence-electron chi connectivity index (χ0n) is 8.44. The molecule has 1 aromatic heterocycles. The first-order valence-corrected chi connectivity index (χ1v) is 4.56. The van der Waals surface area contributed by atoms with Crippen LogP contribution in [0.4, 0.5) is 0 Å². The van der Waals surface area contributed by atoms with Crippen LogP contribution in [0.1, 0.15) is 20.7 Å². The van der Waals surface area contributed by atoms with Crippen LogP contribution < -0.4 is 0 Å². The molecule has 0 spiro atoms. The second kappa shape index (κ2) is 4.05. The molecule has 1 heterocycles. The number of nitrogens with zero attached hydrogens (tertiary/aromatic N) is 3. The molecule has 0 aliphatic rings. The fourth-order valence-electron chi connectivity index (χ4n) is 1.34. The van der Waals surface area contributed by atoms with Crippen molar-refractivity contribution in [3.63, 3.8) is 0 Å². The number of carboxylic acids is 2. The Morgan fingerprint density at radius 1 is 1.06 bits per heavy atom. The predicted octanol–water partition coefficient (Wildman–Crippen LogP) is 0.664. The Bertz CT molecular complexity index is 545. The van der Waals surface area contributed by atoms with Crippen molar-refractivity contribution >= 4 is 11.9 Å². The number of hydrogen-bond donors (Lipinski definition) is 2. The molecule has 0 unspecified atom stereocenters. The molecule has 7 heteroatoms. The zero-order chi connectivity index (χ0) is 12.4. The Hall–Kier alpha value is -2.70. The Balaban J connectivity index is 2.60. The van der Waals surface area contributed by atoms with E-state index in [4.69, 9.17) is 10.2 Å². The van der Waals surface area contributed by atoms with Crippen LogP contribution in [-0.4, -0.2) is 37.1 Å². The van der Waals surface area contributed by atoms with Crippen molar-refractivity contribution in [2.75, 3.05) is 0 Å². The minimum Gasteiger partial charge on any atom is -0.478 e. The van der Waals surface area contributed by atoms with Gasteiger partial charge in [0.05, 0.1) is 29.2 Å². The molecule has 0 aliphatic heterocycles. The Morgan fingerprint density at radius 3 is 2.06 bits per heavy atom. The van der Waals surface area contributed by atoms with Gasteiger partial charge in [-0.05, 0) is 18.2 Å². The van der Waals surface area contributed by atoms with Crippen LogP contribution >= 0.6 is 0 Å². The van der Waals surface area contributed by atoms with E-state index in [1.54, 1.807) is 0 Å². The van der Waals surface area contributed by atoms with Gasteiger partial charge in [0, 0.05) is 0 Å². The van der Waals surface area contributed by atoms with Crippen LogP contribution in [0.15, 0.2) is 30.6 Å². The number of aromatic carboxylic acids is 2. The summed E-state index contributed by atoms with van der Waals surface area (Å²) in [7, 11) is 0. The van der Waals surface area contributed by atoms with Gasteiger partial charge in [-0.15, -0.1) is 5.10 Å². The van der Waals surface area contributed by atoms with E-state index in [-0.39, 0.29) is 11.1 Å². The van der Waals surface area contributed by atoms with E-state index in [2.05, 4.69) is 10.3 Å². The summed E-state index contributed by atoms with van der Waals surface area (Å²) in [5, 5.41) is 25.0. The zero-order valence-corrected chi connectivity index (χ0v) is 8.44. The minimum atomic E-state index is -1.20. The van der Waals surface area contributed by atoms with Gasteiger partial charge in [0.25, 0.3) is 0 Å². The van der Waals surface area contributed by atoms with Crippen LogP contribution in [0.2, 0.25) is 0 Å². The molecule has 2 rings (SSSR count). The smallest absolute Gasteiger partial charge is 0.335 e. The number of carboxylic acid groups (broad SMARTS) is 2. The average molecular weight is 233 g/mol. The molecule has 0 fully saturated rings. The molecule has 0 atom stereocenters. The molecule has 0 radical (unpaired) electrons. The Labute approximate surface area is 94.9 Å². The van der Waals surface area contributed by atoms with E-state index in [9.17, 15) is 9.59 Å². The summed E-state index contributed by atoms with van der Waals surface area (Å²) >= 11 is 0. The highest BCUT2D eigenvalue weighted by atomic mass is 16.4. The lowest BCUT2D eigenvalue weighted by Crippen LogP contribution is -2.06. The molecule has 17 heavy (non-hydrogen) atoms. The van der Waals surface area contributed by atoms with Gasteiger partial charge < -0.3 is 10.2 Å². The van der Waals surface area contributed by atoms with Crippen molar-refractivity contribution in [1.82, 2.24) is 15.0 Å². The van der Waals surface area contributed by atoms with Gasteiger partial charge >= 0.3 is 11.9 Å². The molecule has 1 aromatic carbocycles. The van der Waals surface area contributed by atoms with E-state index in [0.29, 0.717) is 5.69 Å². The molecule has 0 aliphatic carbocycles. The standard InChI is InChI=1S/C10H7N3O4/c14-9(15)6-3-7(10(16)17)5-8(4-6)13-2-1-11-12-13/h1-5H,(H,14,15)(H,16,17). The summed E-state index contributed by atoms with van der Waals surface area (Å²) < 4.78 is 1.29. The predicted molar refractivity (Wildman–Crippen MR) is 55.3 cm³/mol. The lowest BCUT2D eigenvalue weighted by Gasteiger charge is -2.04. The molecule has 0 saturated carbocycles. The molecule has 2 N–H and O–H groups in total. The first-order valence-electron chi connectivity index (χ1n) is 4.56. The van der Waals surface area contributed by atoms with Crippen molar-refractivity contribution in [1.29, 1.82) is 0 Å². The van der Waals surface area contributed by atoms with Crippen molar-refractivity contribution in [2.24, 2.45) is 0 Å². The molecule has 0 amide bonds. The topological polar surface area (TPSA) is 105 Å². The normalized spacial score (nSPS) is 10.1. The Morgan fingerprint density at radius 2 is 1.65 bits per heavy atom. The highest BCUT2D eigenvalue weighted by Crippen LogP contribution is 2.14. The molecular formula is C10H7N3O4. The number of carbonyl (C=O) groups is 2. The van der Waals surface area contributed by atoms with Crippen LogP contribution in [0.25, 0.3) is 5.69 Å². The fourth-order valence-corrected chi connectivity index (χ4v) is 1.34. The van der Waals surface area contributed by atoms with Gasteiger partial charge in [-0.3, -0.25) is 0 Å². The van der Waals surface area contributed by atoms with E-state index in [1.807, 2.05) is 0 Å². The second-order valence-electron chi connectivity index (χ2n) is 3.23. The van der Waals surface area contributed by atoms with Gasteiger partial charge in [0.1, 0.15) is 0 Å². The maximum Gasteiger partial charge on any atom is 0.335 e. The third-order valence-corrected chi connectivity index (χ3v) is 2.10. The second-order valence-corrected chi connectivity index (χ2v) is 3.23. The van der Waals surface area contributed by atoms with Crippen molar-refractivity contribution in [3.05, 3.63) is 41.7 Å². The maximum atomic E-state index is 10.9. The van der Waals surface area contributed by atoms with Crippen LogP contribution in [0.5, 0.6) is 0 Å². The summed E-state index contributed by atoms with van der Waals surface area (Å²) in [6, 6.07) is 3.73. The fraction of sp³-hybridized carbons (Fsp3) is 0. The largest absolute Gasteiger partial charge is 0.478 e. The quantitative estimate of drug-likeness (QED) is 0.806. The van der Waals surface area contributed by atoms with E-state index < -0.39 is 11.9 Å². The molecule has 7 nitrogen and oxygen atoms in total. The number of benzene rings is 1. The van der Waals surface area contributed by atoms with E-state index in [1.165, 1.54) is 29.2 Å². The summed E-state index contributed by atoms with van der Waals surface area (Å²) in [6.45, 7) is 0. The molecule has 2 aromatic rings. The van der Waals surface area contributed by atoms with Crippen molar-refractivity contribution < 1.29 is 19.8 Å².